The van der Waals surface area contributed by atoms with E-state index in [-0.39, 0.29) is 43.1 Å². The fourth-order valence-corrected chi connectivity index (χ4v) is 4.54. The van der Waals surface area contributed by atoms with E-state index in [1.807, 2.05) is 25.1 Å². The van der Waals surface area contributed by atoms with Crippen molar-refractivity contribution in [1.82, 2.24) is 15.6 Å². The molecule has 4 rings (SSSR count). The zero-order valence-electron chi connectivity index (χ0n) is 22.3. The molecule has 0 bridgehead atoms. The number of aliphatic hydroxyl groups is 2. The summed E-state index contributed by atoms with van der Waals surface area (Å²) in [6.45, 7) is 2.19. The number of halogens is 3. The van der Waals surface area contributed by atoms with Crippen LogP contribution < -0.4 is 15.4 Å². The van der Waals surface area contributed by atoms with Crippen LogP contribution >= 0.6 is 0 Å². The molecule has 6 N–H and O–H groups in total. The van der Waals surface area contributed by atoms with Crippen LogP contribution in [0.15, 0.2) is 66.7 Å². The van der Waals surface area contributed by atoms with E-state index in [0.29, 0.717) is 35.2 Å². The highest BCUT2D eigenvalue weighted by Crippen LogP contribution is 2.24. The second-order valence-electron chi connectivity index (χ2n) is 9.88. The molecule has 0 aliphatic rings. The normalized spacial score (nSPS) is 13.2. The lowest BCUT2D eigenvalue weighted by Crippen LogP contribution is -2.32. The van der Waals surface area contributed by atoms with Crippen molar-refractivity contribution in [2.75, 3.05) is 13.1 Å². The molecule has 3 aromatic carbocycles. The van der Waals surface area contributed by atoms with Crippen LogP contribution in [0.25, 0.3) is 10.9 Å². The zero-order valence-corrected chi connectivity index (χ0v) is 22.3. The van der Waals surface area contributed by atoms with E-state index in [1.54, 1.807) is 24.3 Å². The highest BCUT2D eigenvalue weighted by molar-refractivity contribution is 5.98. The molecular weight excluding hydrogens is 539 g/mol. The first-order valence-electron chi connectivity index (χ1n) is 13.1. The number of hydrogen-bond donors (Lipinski definition) is 6. The van der Waals surface area contributed by atoms with Crippen LogP contribution in [0.3, 0.4) is 0 Å². The summed E-state index contributed by atoms with van der Waals surface area (Å²) in [5.41, 5.74) is 3.74. The van der Waals surface area contributed by atoms with Gasteiger partial charge in [-0.1, -0.05) is 24.3 Å². The third kappa shape index (κ3) is 8.46. The van der Waals surface area contributed by atoms with Crippen molar-refractivity contribution in [1.29, 1.82) is 0 Å². The average molecular weight is 572 g/mol. The van der Waals surface area contributed by atoms with Gasteiger partial charge in [-0.15, -0.1) is 13.2 Å². The number of rotatable bonds is 12. The van der Waals surface area contributed by atoms with Gasteiger partial charge in [0.15, 0.2) is 0 Å². The number of amides is 1. The molecule has 0 saturated heterocycles. The Hall–Kier alpha value is -4.06. The minimum absolute atomic E-state index is 0.0188. The molecule has 0 aliphatic heterocycles. The Kier molecular flexibility index (Phi) is 9.53. The summed E-state index contributed by atoms with van der Waals surface area (Å²) in [5.74, 6) is -0.648. The van der Waals surface area contributed by atoms with Crippen molar-refractivity contribution < 1.29 is 38.0 Å². The molecule has 41 heavy (non-hydrogen) atoms. The summed E-state index contributed by atoms with van der Waals surface area (Å²) in [6, 6.07) is 17.9. The predicted octanol–water partition coefficient (Wildman–Crippen LogP) is 4.49. The second-order valence-corrected chi connectivity index (χ2v) is 9.88. The molecule has 0 spiro atoms. The number of aromatic nitrogens is 1. The number of fused-ring (bicyclic) bond motifs is 1. The third-order valence-electron chi connectivity index (χ3n) is 6.62. The molecule has 0 radical (unpaired) electrons. The molecule has 4 aromatic rings. The molecule has 0 saturated carbocycles. The Morgan fingerprint density at radius 1 is 1.05 bits per heavy atom. The zero-order chi connectivity index (χ0) is 29.6. The number of aromatic hydroxyl groups is 1. The highest BCUT2D eigenvalue weighted by atomic mass is 19.4. The van der Waals surface area contributed by atoms with E-state index in [2.05, 4.69) is 20.4 Å². The standard InChI is InChI=1S/C30H32F3N3O5/c1-18(35-16-28(39)21-6-8-27(38)23(14-21)17-37)11-20-5-7-25-22(12-20)15-26(36-25)29(40)34-10-9-19-3-2-4-24(13-19)41-30(31,32)33/h2-8,12-15,18,28,35-39H,9-11,16-17H2,1H3,(H,34,40)/t18-,28+/m1/s1. The predicted molar refractivity (Wildman–Crippen MR) is 148 cm³/mol. The Morgan fingerprint density at radius 2 is 1.85 bits per heavy atom. The summed E-state index contributed by atoms with van der Waals surface area (Å²) in [7, 11) is 0. The Bertz CT molecular complexity index is 1490. The van der Waals surface area contributed by atoms with Gasteiger partial charge >= 0.3 is 6.36 Å². The van der Waals surface area contributed by atoms with Crippen LogP contribution in [0.5, 0.6) is 11.5 Å². The number of ether oxygens (including phenoxy) is 1. The van der Waals surface area contributed by atoms with Gasteiger partial charge in [0.05, 0.1) is 12.7 Å². The number of nitrogens with one attached hydrogen (secondary N) is 3. The number of alkyl halides is 3. The molecule has 11 heteroatoms. The molecule has 0 unspecified atom stereocenters. The molecule has 1 aromatic heterocycles. The van der Waals surface area contributed by atoms with Gasteiger partial charge in [0, 0.05) is 35.6 Å². The fraction of sp³-hybridized carbons (Fsp3) is 0.300. The molecule has 0 aliphatic carbocycles. The number of aliphatic hydroxyl groups excluding tert-OH is 2. The molecule has 2 atom stereocenters. The van der Waals surface area contributed by atoms with Crippen molar-refractivity contribution >= 4 is 16.8 Å². The lowest BCUT2D eigenvalue weighted by molar-refractivity contribution is -0.274. The van der Waals surface area contributed by atoms with Gasteiger partial charge in [0.2, 0.25) is 0 Å². The van der Waals surface area contributed by atoms with Crippen LogP contribution in [0, 0.1) is 0 Å². The van der Waals surface area contributed by atoms with Gasteiger partial charge in [-0.3, -0.25) is 4.79 Å². The van der Waals surface area contributed by atoms with Crippen LogP contribution in [0.1, 0.15) is 45.8 Å². The summed E-state index contributed by atoms with van der Waals surface area (Å²) in [4.78, 5) is 15.8. The SMILES string of the molecule is C[C@H](Cc1ccc2[nH]c(C(=O)NCCc3cccc(OC(F)(F)F)c3)cc2c1)NC[C@H](O)c1ccc(O)c(CO)c1. The number of aromatic amines is 1. The van der Waals surface area contributed by atoms with Gasteiger partial charge < -0.3 is 35.7 Å². The molecule has 1 heterocycles. The van der Waals surface area contributed by atoms with Crippen molar-refractivity contribution in [2.24, 2.45) is 0 Å². The lowest BCUT2D eigenvalue weighted by Gasteiger charge is -2.18. The number of hydrogen-bond acceptors (Lipinski definition) is 6. The largest absolute Gasteiger partial charge is 0.573 e. The minimum Gasteiger partial charge on any atom is -0.508 e. The topological polar surface area (TPSA) is 127 Å². The first kappa shape index (κ1) is 29.9. The Labute approximate surface area is 234 Å². The van der Waals surface area contributed by atoms with Crippen LogP contribution in [-0.4, -0.2) is 51.7 Å². The number of phenols is 1. The number of carbonyl (C=O) groups is 1. The molecular formula is C30H32F3N3O5. The van der Waals surface area contributed by atoms with Crippen LogP contribution in [-0.2, 0) is 19.4 Å². The summed E-state index contributed by atoms with van der Waals surface area (Å²) in [6.07, 6.45) is -4.57. The molecule has 8 nitrogen and oxygen atoms in total. The lowest BCUT2D eigenvalue weighted by atomic mass is 10.0. The van der Waals surface area contributed by atoms with Gasteiger partial charge in [-0.05, 0) is 78.9 Å². The quantitative estimate of drug-likeness (QED) is 0.149. The maximum Gasteiger partial charge on any atom is 0.573 e. The number of carbonyl (C=O) groups excluding carboxylic acids is 1. The minimum atomic E-state index is -4.76. The van der Waals surface area contributed by atoms with Crippen molar-refractivity contribution in [3.63, 3.8) is 0 Å². The smallest absolute Gasteiger partial charge is 0.508 e. The van der Waals surface area contributed by atoms with Crippen LogP contribution in [0.4, 0.5) is 13.2 Å². The van der Waals surface area contributed by atoms with Gasteiger partial charge in [-0.2, -0.15) is 0 Å². The first-order valence-corrected chi connectivity index (χ1v) is 13.1. The van der Waals surface area contributed by atoms with Gasteiger partial charge in [0.1, 0.15) is 17.2 Å². The van der Waals surface area contributed by atoms with E-state index in [4.69, 9.17) is 0 Å². The summed E-state index contributed by atoms with van der Waals surface area (Å²) in [5, 5.41) is 36.5. The van der Waals surface area contributed by atoms with Crippen molar-refractivity contribution in [3.8, 4) is 11.5 Å². The average Bonchev–Trinajstić information content (AvgIpc) is 3.35. The Balaban J connectivity index is 1.28. The summed E-state index contributed by atoms with van der Waals surface area (Å²) < 4.78 is 41.3. The highest BCUT2D eigenvalue weighted by Gasteiger charge is 2.31. The van der Waals surface area contributed by atoms with E-state index in [0.717, 1.165) is 16.5 Å². The first-order chi connectivity index (χ1) is 19.5. The molecule has 218 valence electrons. The molecule has 0 fully saturated rings. The number of H-pyrrole nitrogens is 1. The van der Waals surface area contributed by atoms with Crippen molar-refractivity contribution in [2.45, 2.75) is 44.9 Å². The van der Waals surface area contributed by atoms with E-state index in [9.17, 15) is 33.3 Å². The second kappa shape index (κ2) is 13.1. The number of benzene rings is 3. The maximum atomic E-state index is 12.7. The molecule has 1 amide bonds. The van der Waals surface area contributed by atoms with Crippen molar-refractivity contribution in [3.05, 3.63) is 94.7 Å². The van der Waals surface area contributed by atoms with Gasteiger partial charge in [0.25, 0.3) is 5.91 Å². The van der Waals surface area contributed by atoms with E-state index in [1.165, 1.54) is 24.3 Å². The third-order valence-corrected chi connectivity index (χ3v) is 6.62. The maximum absolute atomic E-state index is 12.7. The summed E-state index contributed by atoms with van der Waals surface area (Å²) >= 11 is 0. The van der Waals surface area contributed by atoms with E-state index >= 15 is 0 Å². The van der Waals surface area contributed by atoms with E-state index < -0.39 is 12.5 Å². The van der Waals surface area contributed by atoms with Gasteiger partial charge in [-0.25, -0.2) is 0 Å². The fourth-order valence-electron chi connectivity index (χ4n) is 4.54. The Morgan fingerprint density at radius 3 is 2.61 bits per heavy atom. The van der Waals surface area contributed by atoms with Crippen LogP contribution in [0.2, 0.25) is 0 Å². The monoisotopic (exact) mass is 571 g/mol.